The van der Waals surface area contributed by atoms with Gasteiger partial charge in [-0.05, 0) is 31.7 Å². The summed E-state index contributed by atoms with van der Waals surface area (Å²) in [5.41, 5.74) is 0. The first-order valence-electron chi connectivity index (χ1n) is 7.51. The molecular weight excluding hydrogens is 228 g/mol. The Hall–Kier alpha value is -0.160. The summed E-state index contributed by atoms with van der Waals surface area (Å²) in [5.74, 6) is 0.798. The average Bonchev–Trinajstić information content (AvgIpc) is 2.76. The molecule has 0 aliphatic carbocycles. The lowest BCUT2D eigenvalue weighted by atomic mass is 9.94. The molecule has 2 fully saturated rings. The van der Waals surface area contributed by atoms with Crippen molar-refractivity contribution in [2.75, 3.05) is 39.4 Å². The second-order valence-electron chi connectivity index (χ2n) is 5.76. The fourth-order valence-corrected chi connectivity index (χ4v) is 3.10. The third-order valence-corrected chi connectivity index (χ3v) is 4.10. The molecule has 106 valence electrons. The van der Waals surface area contributed by atoms with Crippen molar-refractivity contribution in [1.82, 2.24) is 10.2 Å². The van der Waals surface area contributed by atoms with Gasteiger partial charge in [-0.3, -0.25) is 4.90 Å². The van der Waals surface area contributed by atoms with Crippen molar-refractivity contribution < 1.29 is 9.84 Å². The Morgan fingerprint density at radius 3 is 3.11 bits per heavy atom. The molecule has 2 aliphatic rings. The number of rotatable bonds is 7. The number of β-amino-alcohol motifs (C(OH)–C–C–N with tert-alkyl or cyclic N) is 1. The fraction of sp³-hybridized carbons (Fsp3) is 1.00. The molecule has 3 atom stereocenters. The molecule has 0 saturated carbocycles. The van der Waals surface area contributed by atoms with E-state index in [0.717, 1.165) is 51.5 Å². The van der Waals surface area contributed by atoms with Crippen molar-refractivity contribution in [3.63, 3.8) is 0 Å². The van der Waals surface area contributed by atoms with E-state index >= 15 is 0 Å². The largest absolute Gasteiger partial charge is 0.389 e. The van der Waals surface area contributed by atoms with Crippen LogP contribution < -0.4 is 5.32 Å². The van der Waals surface area contributed by atoms with Crippen LogP contribution in [0.4, 0.5) is 0 Å². The molecular formula is C14H28N2O2. The first kappa shape index (κ1) is 14.3. The summed E-state index contributed by atoms with van der Waals surface area (Å²) < 4.78 is 5.47. The highest BCUT2D eigenvalue weighted by molar-refractivity contribution is 4.92. The molecule has 2 heterocycles. The number of likely N-dealkylation sites (tertiary alicyclic amines) is 1. The maximum absolute atomic E-state index is 9.96. The zero-order chi connectivity index (χ0) is 12.8. The molecule has 0 spiro atoms. The summed E-state index contributed by atoms with van der Waals surface area (Å²) in [5, 5.41) is 13.5. The predicted octanol–water partition coefficient (Wildman–Crippen LogP) is 0.848. The van der Waals surface area contributed by atoms with E-state index in [0.29, 0.717) is 12.6 Å². The van der Waals surface area contributed by atoms with Crippen LogP contribution in [0.5, 0.6) is 0 Å². The molecule has 0 amide bonds. The van der Waals surface area contributed by atoms with Crippen LogP contribution >= 0.6 is 0 Å². The second kappa shape index (κ2) is 7.43. The van der Waals surface area contributed by atoms with Crippen molar-refractivity contribution in [1.29, 1.82) is 0 Å². The topological polar surface area (TPSA) is 44.7 Å². The van der Waals surface area contributed by atoms with E-state index in [1.807, 2.05) is 0 Å². The molecule has 4 nitrogen and oxygen atoms in total. The molecule has 2 rings (SSSR count). The normalized spacial score (nSPS) is 30.3. The summed E-state index contributed by atoms with van der Waals surface area (Å²) in [6.07, 6.45) is 4.55. The van der Waals surface area contributed by atoms with Gasteiger partial charge >= 0.3 is 0 Å². The zero-order valence-corrected chi connectivity index (χ0v) is 11.6. The van der Waals surface area contributed by atoms with Gasteiger partial charge in [0.05, 0.1) is 12.7 Å². The van der Waals surface area contributed by atoms with Gasteiger partial charge in [-0.1, -0.05) is 13.3 Å². The van der Waals surface area contributed by atoms with E-state index in [1.165, 1.54) is 12.8 Å². The van der Waals surface area contributed by atoms with Crippen molar-refractivity contribution in [2.45, 2.75) is 44.8 Å². The number of aliphatic hydroxyl groups excluding tert-OH is 1. The van der Waals surface area contributed by atoms with Gasteiger partial charge < -0.3 is 15.2 Å². The smallest absolute Gasteiger partial charge is 0.0900 e. The summed E-state index contributed by atoms with van der Waals surface area (Å²) in [4.78, 5) is 2.39. The van der Waals surface area contributed by atoms with E-state index < -0.39 is 0 Å². The minimum Gasteiger partial charge on any atom is -0.389 e. The highest BCUT2D eigenvalue weighted by Gasteiger charge is 2.34. The minimum absolute atomic E-state index is 0.331. The number of hydrogen-bond donors (Lipinski definition) is 2. The molecule has 2 saturated heterocycles. The Kier molecular flexibility index (Phi) is 5.89. The lowest BCUT2D eigenvalue weighted by Gasteiger charge is -2.24. The lowest BCUT2D eigenvalue weighted by molar-refractivity contribution is 0.0189. The molecule has 0 radical (unpaired) electrons. The summed E-state index contributed by atoms with van der Waals surface area (Å²) >= 11 is 0. The number of nitrogens with zero attached hydrogens (tertiary/aromatic N) is 1. The molecule has 0 aromatic carbocycles. The van der Waals surface area contributed by atoms with E-state index in [9.17, 15) is 5.11 Å². The Bertz CT molecular complexity index is 224. The van der Waals surface area contributed by atoms with Crippen LogP contribution in [0.1, 0.15) is 32.6 Å². The number of nitrogens with one attached hydrogen (secondary N) is 1. The molecule has 1 unspecified atom stereocenters. The highest BCUT2D eigenvalue weighted by Crippen LogP contribution is 2.24. The van der Waals surface area contributed by atoms with Crippen molar-refractivity contribution >= 4 is 0 Å². The van der Waals surface area contributed by atoms with E-state index in [4.69, 9.17) is 4.74 Å². The number of unbranched alkanes of at least 4 members (excludes halogenated alkanes) is 1. The predicted molar refractivity (Wildman–Crippen MR) is 72.7 cm³/mol. The van der Waals surface area contributed by atoms with E-state index in [-0.39, 0.29) is 6.10 Å². The van der Waals surface area contributed by atoms with Crippen LogP contribution in [0.25, 0.3) is 0 Å². The minimum atomic E-state index is -0.331. The maximum atomic E-state index is 9.96. The number of aliphatic hydroxyl groups is 1. The van der Waals surface area contributed by atoms with Crippen LogP contribution in [-0.4, -0.2) is 61.5 Å². The van der Waals surface area contributed by atoms with E-state index in [1.54, 1.807) is 0 Å². The molecule has 4 heteroatoms. The van der Waals surface area contributed by atoms with Crippen molar-refractivity contribution in [3.05, 3.63) is 0 Å². The Balaban J connectivity index is 1.61. The van der Waals surface area contributed by atoms with Crippen molar-refractivity contribution in [2.24, 2.45) is 5.92 Å². The van der Waals surface area contributed by atoms with E-state index in [2.05, 4.69) is 17.1 Å². The molecule has 2 N–H and O–H groups in total. The Morgan fingerprint density at radius 2 is 2.33 bits per heavy atom. The quantitative estimate of drug-likeness (QED) is 0.663. The van der Waals surface area contributed by atoms with Crippen LogP contribution in [0, 0.1) is 5.92 Å². The van der Waals surface area contributed by atoms with Gasteiger partial charge in [0.15, 0.2) is 0 Å². The fourth-order valence-electron chi connectivity index (χ4n) is 3.10. The first-order valence-corrected chi connectivity index (χ1v) is 7.51. The molecule has 18 heavy (non-hydrogen) atoms. The highest BCUT2D eigenvalue weighted by atomic mass is 16.5. The van der Waals surface area contributed by atoms with Crippen LogP contribution in [-0.2, 0) is 4.74 Å². The second-order valence-corrected chi connectivity index (χ2v) is 5.76. The SMILES string of the molecule is CCCCOCC(O)CN1C[C@@H]2CCCN[C@@H]2C1. The zero-order valence-electron chi connectivity index (χ0n) is 11.6. The first-order chi connectivity index (χ1) is 8.79. The molecule has 0 aromatic rings. The molecule has 0 bridgehead atoms. The third-order valence-electron chi connectivity index (χ3n) is 4.10. The lowest BCUT2D eigenvalue weighted by Crippen LogP contribution is -2.41. The van der Waals surface area contributed by atoms with Gasteiger partial charge in [-0.15, -0.1) is 0 Å². The molecule has 2 aliphatic heterocycles. The molecule has 0 aromatic heterocycles. The number of fused-ring (bicyclic) bond motifs is 1. The van der Waals surface area contributed by atoms with Gasteiger partial charge in [0, 0.05) is 32.3 Å². The van der Waals surface area contributed by atoms with Gasteiger partial charge in [-0.2, -0.15) is 0 Å². The van der Waals surface area contributed by atoms with Gasteiger partial charge in [0.25, 0.3) is 0 Å². The monoisotopic (exact) mass is 256 g/mol. The average molecular weight is 256 g/mol. The standard InChI is InChI=1S/C14H28N2O2/c1-2-3-7-18-11-13(17)9-16-8-12-5-4-6-15-14(12)10-16/h12-15,17H,2-11H2,1H3/t12-,13?,14+/m0/s1. The van der Waals surface area contributed by atoms with Gasteiger partial charge in [0.2, 0.25) is 0 Å². The third kappa shape index (κ3) is 4.19. The Labute approximate surface area is 111 Å². The number of piperidine rings is 1. The number of hydrogen-bond acceptors (Lipinski definition) is 4. The van der Waals surface area contributed by atoms with Crippen LogP contribution in [0.15, 0.2) is 0 Å². The van der Waals surface area contributed by atoms with Crippen LogP contribution in [0.3, 0.4) is 0 Å². The Morgan fingerprint density at radius 1 is 1.44 bits per heavy atom. The van der Waals surface area contributed by atoms with Crippen LogP contribution in [0.2, 0.25) is 0 Å². The van der Waals surface area contributed by atoms with Gasteiger partial charge in [-0.25, -0.2) is 0 Å². The number of ether oxygens (including phenoxy) is 1. The van der Waals surface area contributed by atoms with Gasteiger partial charge in [0.1, 0.15) is 0 Å². The summed E-state index contributed by atoms with van der Waals surface area (Å²) in [7, 11) is 0. The van der Waals surface area contributed by atoms with Crippen molar-refractivity contribution in [3.8, 4) is 0 Å². The summed E-state index contributed by atoms with van der Waals surface area (Å²) in [6.45, 7) is 7.58. The summed E-state index contributed by atoms with van der Waals surface area (Å²) in [6, 6.07) is 0.659. The maximum Gasteiger partial charge on any atom is 0.0900 e.